The molecule has 1 aliphatic rings. The second-order valence-corrected chi connectivity index (χ2v) is 16.6. The Morgan fingerprint density at radius 2 is 0.966 bits per heavy atom. The predicted molar refractivity (Wildman–Crippen MR) is 252 cm³/mol. The number of hydrogen-bond donors (Lipinski definition) is 0. The van der Waals surface area contributed by atoms with Crippen LogP contribution >= 0.6 is 11.3 Å². The number of anilines is 3. The van der Waals surface area contributed by atoms with Crippen molar-refractivity contribution in [1.29, 1.82) is 0 Å². The maximum Gasteiger partial charge on any atom is 0.0713 e. The lowest BCUT2D eigenvalue weighted by Crippen LogP contribution is -2.28. The van der Waals surface area contributed by atoms with E-state index in [4.69, 9.17) is 0 Å². The van der Waals surface area contributed by atoms with E-state index in [9.17, 15) is 0 Å². The lowest BCUT2D eigenvalue weighted by atomic mass is 9.67. The maximum absolute atomic E-state index is 2.50. The van der Waals surface area contributed by atoms with E-state index in [0.717, 1.165) is 11.4 Å². The van der Waals surface area contributed by atoms with Crippen LogP contribution in [-0.2, 0) is 5.41 Å². The Morgan fingerprint density at radius 3 is 1.75 bits per heavy atom. The molecule has 0 bridgehead atoms. The minimum Gasteiger partial charge on any atom is -0.309 e. The summed E-state index contributed by atoms with van der Waals surface area (Å²) >= 11 is 1.90. The molecule has 2 heteroatoms. The van der Waals surface area contributed by atoms with Crippen LogP contribution in [0.2, 0.25) is 0 Å². The van der Waals surface area contributed by atoms with Crippen molar-refractivity contribution in [2.75, 3.05) is 4.90 Å². The van der Waals surface area contributed by atoms with Crippen LogP contribution in [0.4, 0.5) is 17.1 Å². The third-order valence-electron chi connectivity index (χ3n) is 12.5. The van der Waals surface area contributed by atoms with Gasteiger partial charge in [0.05, 0.1) is 16.8 Å². The Hall–Kier alpha value is -7.26. The Morgan fingerprint density at radius 1 is 0.373 bits per heavy atom. The fourth-order valence-corrected chi connectivity index (χ4v) is 11.3. The molecule has 0 amide bonds. The first-order valence-electron chi connectivity index (χ1n) is 20.3. The van der Waals surface area contributed by atoms with Crippen LogP contribution in [-0.4, -0.2) is 0 Å². The third kappa shape index (κ3) is 5.03. The molecular formula is C57H37NS. The highest BCUT2D eigenvalue weighted by atomic mass is 32.1. The molecule has 59 heavy (non-hydrogen) atoms. The fraction of sp³-hybridized carbons (Fsp3) is 0.0175. The molecule has 0 fully saturated rings. The summed E-state index contributed by atoms with van der Waals surface area (Å²) in [7, 11) is 0. The summed E-state index contributed by atoms with van der Waals surface area (Å²) in [5.74, 6) is 0. The summed E-state index contributed by atoms with van der Waals surface area (Å²) in [5.41, 5.74) is 13.3. The van der Waals surface area contributed by atoms with Crippen molar-refractivity contribution in [2.24, 2.45) is 0 Å². The first kappa shape index (κ1) is 33.8. The molecular weight excluding hydrogens is 731 g/mol. The van der Waals surface area contributed by atoms with Crippen LogP contribution in [0.3, 0.4) is 0 Å². The van der Waals surface area contributed by atoms with Gasteiger partial charge >= 0.3 is 0 Å². The van der Waals surface area contributed by atoms with E-state index in [0.29, 0.717) is 0 Å². The number of rotatable bonds is 6. The zero-order valence-corrected chi connectivity index (χ0v) is 33.0. The highest BCUT2D eigenvalue weighted by molar-refractivity contribution is 7.26. The molecule has 276 valence electrons. The molecule has 1 aliphatic carbocycles. The molecule has 1 nitrogen and oxygen atoms in total. The van der Waals surface area contributed by atoms with Gasteiger partial charge in [-0.1, -0.05) is 188 Å². The molecule has 0 aliphatic heterocycles. The molecule has 0 radical (unpaired) electrons. The summed E-state index contributed by atoms with van der Waals surface area (Å²) < 4.78 is 2.60. The minimum absolute atomic E-state index is 0.465. The SMILES string of the molecule is c1ccc(N(c2cccc3ccccc23)c2cc3c(sc4cccc(-c5ccc6c(c5)C(c5ccccc5)(c5ccccc5)c5ccccc5-6)c43)c3ccccc23)cc1. The van der Waals surface area contributed by atoms with E-state index in [-0.39, 0.29) is 0 Å². The summed E-state index contributed by atoms with van der Waals surface area (Å²) in [6, 6.07) is 83.0. The molecule has 0 atom stereocenters. The van der Waals surface area contributed by atoms with Gasteiger partial charge < -0.3 is 4.90 Å². The van der Waals surface area contributed by atoms with Gasteiger partial charge in [-0.25, -0.2) is 0 Å². The van der Waals surface area contributed by atoms with Gasteiger partial charge in [0, 0.05) is 42.0 Å². The largest absolute Gasteiger partial charge is 0.309 e. The zero-order chi connectivity index (χ0) is 38.9. The van der Waals surface area contributed by atoms with Crippen LogP contribution < -0.4 is 4.90 Å². The second-order valence-electron chi connectivity index (χ2n) is 15.6. The Bertz CT molecular complexity index is 3340. The van der Waals surface area contributed by atoms with E-state index >= 15 is 0 Å². The standard InChI is InChI=1S/C57H37NS/c1-4-20-40(21-5-1)57(41-22-6-2-7-23-41)50-31-15-14-27-45(50)46-35-34-39(36-51(46)57)44-30-17-33-54-55(44)49-37-53(47-28-12-13-29-48(47)56(49)59-54)58(42-24-8-3-9-25-42)52-32-16-19-38-18-10-11-26-43(38)52/h1-37H. The number of nitrogens with zero attached hydrogens (tertiary/aromatic N) is 1. The van der Waals surface area contributed by atoms with Crippen LogP contribution in [0.1, 0.15) is 22.3 Å². The first-order chi connectivity index (χ1) is 29.3. The van der Waals surface area contributed by atoms with E-state index in [1.807, 2.05) is 11.3 Å². The van der Waals surface area contributed by atoms with E-state index < -0.39 is 5.41 Å². The van der Waals surface area contributed by atoms with Crippen molar-refractivity contribution in [2.45, 2.75) is 5.41 Å². The predicted octanol–water partition coefficient (Wildman–Crippen LogP) is 15.9. The van der Waals surface area contributed by atoms with Crippen molar-refractivity contribution in [3.8, 4) is 22.3 Å². The van der Waals surface area contributed by atoms with Gasteiger partial charge in [0.1, 0.15) is 0 Å². The first-order valence-corrected chi connectivity index (χ1v) is 21.2. The Kier molecular flexibility index (Phi) is 7.69. The molecule has 0 saturated carbocycles. The van der Waals surface area contributed by atoms with Gasteiger partial charge in [0.15, 0.2) is 0 Å². The van der Waals surface area contributed by atoms with E-state index in [2.05, 4.69) is 229 Å². The molecule has 0 N–H and O–H groups in total. The summed E-state index contributed by atoms with van der Waals surface area (Å²) in [6.07, 6.45) is 0. The molecule has 1 heterocycles. The van der Waals surface area contributed by atoms with Gasteiger partial charge in [-0.05, 0) is 86.3 Å². The zero-order valence-electron chi connectivity index (χ0n) is 32.2. The molecule has 0 saturated heterocycles. The fourth-order valence-electron chi connectivity index (χ4n) is 10.1. The molecule has 11 aromatic rings. The Labute approximate surface area is 347 Å². The van der Waals surface area contributed by atoms with Crippen LogP contribution in [0.25, 0.3) is 64.0 Å². The van der Waals surface area contributed by atoms with Crippen LogP contribution in [0.5, 0.6) is 0 Å². The number of para-hydroxylation sites is 1. The monoisotopic (exact) mass is 767 g/mol. The molecule has 0 unspecified atom stereocenters. The molecule has 12 rings (SSSR count). The van der Waals surface area contributed by atoms with E-state index in [1.165, 1.54) is 91.9 Å². The van der Waals surface area contributed by atoms with Gasteiger partial charge in [-0.2, -0.15) is 0 Å². The lowest BCUT2D eigenvalue weighted by molar-refractivity contribution is 0.769. The maximum atomic E-state index is 2.50. The Balaban J connectivity index is 1.15. The van der Waals surface area contributed by atoms with Crippen LogP contribution in [0.15, 0.2) is 224 Å². The molecule has 1 aromatic heterocycles. The lowest BCUT2D eigenvalue weighted by Gasteiger charge is -2.34. The van der Waals surface area contributed by atoms with Crippen molar-refractivity contribution in [1.82, 2.24) is 0 Å². The summed E-state index contributed by atoms with van der Waals surface area (Å²) in [5, 5.41) is 7.52. The quantitative estimate of drug-likeness (QED) is 0.163. The highest BCUT2D eigenvalue weighted by Crippen LogP contribution is 2.57. The van der Waals surface area contributed by atoms with Crippen LogP contribution in [0, 0.1) is 0 Å². The number of thiophene rings is 1. The van der Waals surface area contributed by atoms with Gasteiger partial charge in [0.25, 0.3) is 0 Å². The average molecular weight is 768 g/mol. The summed E-state index contributed by atoms with van der Waals surface area (Å²) in [4.78, 5) is 2.47. The number of fused-ring (bicyclic) bond motifs is 9. The van der Waals surface area contributed by atoms with Crippen molar-refractivity contribution >= 4 is 70.1 Å². The second kappa shape index (κ2) is 13.4. The number of hydrogen-bond acceptors (Lipinski definition) is 2. The van der Waals surface area contributed by atoms with Gasteiger partial charge in [-0.15, -0.1) is 11.3 Å². The minimum atomic E-state index is -0.465. The number of benzene rings is 10. The van der Waals surface area contributed by atoms with Crippen molar-refractivity contribution in [3.05, 3.63) is 247 Å². The smallest absolute Gasteiger partial charge is 0.0713 e. The third-order valence-corrected chi connectivity index (χ3v) is 13.7. The highest BCUT2D eigenvalue weighted by Gasteiger charge is 2.46. The van der Waals surface area contributed by atoms with Crippen molar-refractivity contribution < 1.29 is 0 Å². The van der Waals surface area contributed by atoms with Gasteiger partial charge in [-0.3, -0.25) is 0 Å². The van der Waals surface area contributed by atoms with E-state index in [1.54, 1.807) is 0 Å². The normalized spacial score (nSPS) is 12.9. The molecule has 10 aromatic carbocycles. The topological polar surface area (TPSA) is 3.24 Å². The molecule has 0 spiro atoms. The summed E-state index contributed by atoms with van der Waals surface area (Å²) in [6.45, 7) is 0. The average Bonchev–Trinajstić information content (AvgIpc) is 3.84. The van der Waals surface area contributed by atoms with Crippen molar-refractivity contribution in [3.63, 3.8) is 0 Å². The van der Waals surface area contributed by atoms with Gasteiger partial charge in [0.2, 0.25) is 0 Å².